The maximum absolute atomic E-state index is 5.35. The molecule has 0 spiro atoms. The molecule has 25 heavy (non-hydrogen) atoms. The largest absolute Gasteiger partial charge is 0.381 e. The molecule has 1 aliphatic rings. The first-order valence-electron chi connectivity index (χ1n) is 8.79. The van der Waals surface area contributed by atoms with E-state index in [1.165, 1.54) is 12.8 Å². The Kier molecular flexibility index (Phi) is 4.36. The van der Waals surface area contributed by atoms with E-state index in [9.17, 15) is 0 Å². The van der Waals surface area contributed by atoms with E-state index in [4.69, 9.17) is 4.74 Å². The van der Waals surface area contributed by atoms with Crippen LogP contribution in [0.4, 0.5) is 5.82 Å². The fourth-order valence-electron chi connectivity index (χ4n) is 3.41. The second kappa shape index (κ2) is 6.80. The number of nitrogens with one attached hydrogen (secondary N) is 1. The standard InChI is InChI=1S/C19H23N5O/c1-13-22-18(20-9-8-14-10-16(11-14)25-2)17-12-21-24(19(17)23-13)15-6-4-3-5-7-15/h3-7,12,14,16H,8-11H2,1-2H3,(H,20,22,23). The lowest BCUT2D eigenvalue weighted by Crippen LogP contribution is -2.31. The van der Waals surface area contributed by atoms with Gasteiger partial charge in [-0.25, -0.2) is 14.6 Å². The molecule has 0 bridgehead atoms. The Bertz CT molecular complexity index is 855. The SMILES string of the molecule is COC1CC(CCNc2nc(C)nc3c2cnn3-c2ccccc2)C1. The Hall–Kier alpha value is -2.47. The molecule has 3 aromatic rings. The summed E-state index contributed by atoms with van der Waals surface area (Å²) in [6.45, 7) is 2.82. The number of para-hydroxylation sites is 1. The molecule has 2 aromatic heterocycles. The summed E-state index contributed by atoms with van der Waals surface area (Å²) in [5, 5.41) is 8.95. The number of benzene rings is 1. The predicted molar refractivity (Wildman–Crippen MR) is 98.0 cm³/mol. The topological polar surface area (TPSA) is 64.9 Å². The summed E-state index contributed by atoms with van der Waals surface area (Å²) in [5.41, 5.74) is 1.84. The van der Waals surface area contributed by atoms with Gasteiger partial charge < -0.3 is 10.1 Å². The van der Waals surface area contributed by atoms with E-state index in [1.54, 1.807) is 7.11 Å². The van der Waals surface area contributed by atoms with Crippen LogP contribution in [0, 0.1) is 12.8 Å². The monoisotopic (exact) mass is 337 g/mol. The quantitative estimate of drug-likeness (QED) is 0.747. The molecule has 4 rings (SSSR count). The van der Waals surface area contributed by atoms with Crippen LogP contribution < -0.4 is 5.32 Å². The molecular weight excluding hydrogens is 314 g/mol. The minimum Gasteiger partial charge on any atom is -0.381 e. The Morgan fingerprint density at radius 2 is 2.00 bits per heavy atom. The van der Waals surface area contributed by atoms with E-state index in [1.807, 2.05) is 48.1 Å². The van der Waals surface area contributed by atoms with Crippen LogP contribution >= 0.6 is 0 Å². The number of aromatic nitrogens is 4. The highest BCUT2D eigenvalue weighted by atomic mass is 16.5. The van der Waals surface area contributed by atoms with Crippen LogP contribution in [0.1, 0.15) is 25.1 Å². The first-order chi connectivity index (χ1) is 12.2. The summed E-state index contributed by atoms with van der Waals surface area (Å²) < 4.78 is 7.21. The second-order valence-corrected chi connectivity index (χ2v) is 6.66. The van der Waals surface area contributed by atoms with Gasteiger partial charge in [-0.1, -0.05) is 18.2 Å². The number of hydrogen-bond donors (Lipinski definition) is 1. The second-order valence-electron chi connectivity index (χ2n) is 6.66. The van der Waals surface area contributed by atoms with Crippen molar-refractivity contribution < 1.29 is 4.74 Å². The van der Waals surface area contributed by atoms with Gasteiger partial charge in [-0.05, 0) is 44.2 Å². The molecule has 0 aliphatic heterocycles. The van der Waals surface area contributed by atoms with E-state index >= 15 is 0 Å². The van der Waals surface area contributed by atoms with Gasteiger partial charge in [-0.3, -0.25) is 0 Å². The summed E-state index contributed by atoms with van der Waals surface area (Å²) in [6, 6.07) is 10.1. The van der Waals surface area contributed by atoms with E-state index in [-0.39, 0.29) is 0 Å². The van der Waals surface area contributed by atoms with Crippen molar-refractivity contribution in [1.82, 2.24) is 19.7 Å². The van der Waals surface area contributed by atoms with Crippen molar-refractivity contribution >= 4 is 16.9 Å². The molecule has 0 saturated heterocycles. The zero-order valence-electron chi connectivity index (χ0n) is 14.6. The molecule has 2 heterocycles. The number of hydrogen-bond acceptors (Lipinski definition) is 5. The number of nitrogens with zero attached hydrogens (tertiary/aromatic N) is 4. The fraction of sp³-hybridized carbons (Fsp3) is 0.421. The maximum atomic E-state index is 5.35. The van der Waals surface area contributed by atoms with Crippen LogP contribution in [0.25, 0.3) is 16.7 Å². The third-order valence-electron chi connectivity index (χ3n) is 4.91. The summed E-state index contributed by atoms with van der Waals surface area (Å²) in [5.74, 6) is 2.37. The van der Waals surface area contributed by atoms with Gasteiger partial charge in [-0.15, -0.1) is 0 Å². The van der Waals surface area contributed by atoms with Gasteiger partial charge in [0.25, 0.3) is 0 Å². The molecule has 1 N–H and O–H groups in total. The number of ether oxygens (including phenoxy) is 1. The lowest BCUT2D eigenvalue weighted by atomic mass is 9.80. The Labute approximate surface area is 147 Å². The normalized spacial score (nSPS) is 19.8. The highest BCUT2D eigenvalue weighted by Gasteiger charge is 2.28. The van der Waals surface area contributed by atoms with Crippen LogP contribution in [0.3, 0.4) is 0 Å². The highest BCUT2D eigenvalue weighted by Crippen LogP contribution is 2.32. The highest BCUT2D eigenvalue weighted by molar-refractivity contribution is 5.87. The molecular formula is C19H23N5O. The van der Waals surface area contributed by atoms with Crippen LogP contribution in [0.5, 0.6) is 0 Å². The molecule has 6 nitrogen and oxygen atoms in total. The smallest absolute Gasteiger partial charge is 0.168 e. The lowest BCUT2D eigenvalue weighted by molar-refractivity contribution is -0.000336. The number of methoxy groups -OCH3 is 1. The Balaban J connectivity index is 1.52. The Morgan fingerprint density at radius 1 is 1.20 bits per heavy atom. The molecule has 6 heteroatoms. The number of anilines is 1. The van der Waals surface area contributed by atoms with Gasteiger partial charge in [0, 0.05) is 13.7 Å². The summed E-state index contributed by atoms with van der Waals surface area (Å²) in [7, 11) is 1.80. The van der Waals surface area contributed by atoms with Crippen molar-refractivity contribution in [3.05, 3.63) is 42.4 Å². The van der Waals surface area contributed by atoms with E-state index in [2.05, 4.69) is 20.4 Å². The van der Waals surface area contributed by atoms with E-state index in [0.717, 1.165) is 47.2 Å². The zero-order chi connectivity index (χ0) is 17.2. The first-order valence-corrected chi connectivity index (χ1v) is 8.79. The van der Waals surface area contributed by atoms with Gasteiger partial charge in [0.1, 0.15) is 11.6 Å². The molecule has 1 fully saturated rings. The average Bonchev–Trinajstić information content (AvgIpc) is 3.01. The average molecular weight is 337 g/mol. The number of rotatable bonds is 6. The van der Waals surface area contributed by atoms with E-state index < -0.39 is 0 Å². The van der Waals surface area contributed by atoms with Crippen LogP contribution in [0.2, 0.25) is 0 Å². The van der Waals surface area contributed by atoms with Crippen molar-refractivity contribution in [2.75, 3.05) is 19.0 Å². The third kappa shape index (κ3) is 3.22. The fourth-order valence-corrected chi connectivity index (χ4v) is 3.41. The van der Waals surface area contributed by atoms with Crippen LogP contribution in [0.15, 0.2) is 36.5 Å². The maximum Gasteiger partial charge on any atom is 0.168 e. The molecule has 0 amide bonds. The van der Waals surface area contributed by atoms with Crippen molar-refractivity contribution in [2.24, 2.45) is 5.92 Å². The van der Waals surface area contributed by atoms with Gasteiger partial charge >= 0.3 is 0 Å². The summed E-state index contributed by atoms with van der Waals surface area (Å²) in [4.78, 5) is 9.18. The lowest BCUT2D eigenvalue weighted by Gasteiger charge is -2.34. The van der Waals surface area contributed by atoms with Gasteiger partial charge in [0.2, 0.25) is 0 Å². The van der Waals surface area contributed by atoms with Crippen molar-refractivity contribution in [2.45, 2.75) is 32.3 Å². The van der Waals surface area contributed by atoms with E-state index in [0.29, 0.717) is 6.10 Å². The predicted octanol–water partition coefficient (Wildman–Crippen LogP) is 3.35. The first kappa shape index (κ1) is 16.0. The van der Waals surface area contributed by atoms with Crippen molar-refractivity contribution in [3.63, 3.8) is 0 Å². The minimum atomic E-state index is 0.460. The molecule has 0 atom stereocenters. The molecule has 1 aromatic carbocycles. The molecule has 0 unspecified atom stereocenters. The Morgan fingerprint density at radius 3 is 2.76 bits per heavy atom. The van der Waals surface area contributed by atoms with Crippen LogP contribution in [-0.4, -0.2) is 39.5 Å². The van der Waals surface area contributed by atoms with Crippen molar-refractivity contribution in [3.8, 4) is 5.69 Å². The molecule has 130 valence electrons. The summed E-state index contributed by atoms with van der Waals surface area (Å²) >= 11 is 0. The number of aryl methyl sites for hydroxylation is 1. The minimum absolute atomic E-state index is 0.460. The molecule has 1 aliphatic carbocycles. The molecule has 1 saturated carbocycles. The van der Waals surface area contributed by atoms with Gasteiger partial charge in [0.05, 0.1) is 23.4 Å². The van der Waals surface area contributed by atoms with Crippen molar-refractivity contribution in [1.29, 1.82) is 0 Å². The zero-order valence-corrected chi connectivity index (χ0v) is 14.6. The van der Waals surface area contributed by atoms with Gasteiger partial charge in [0.15, 0.2) is 5.65 Å². The third-order valence-corrected chi connectivity index (χ3v) is 4.91. The van der Waals surface area contributed by atoms with Crippen LogP contribution in [-0.2, 0) is 4.74 Å². The summed E-state index contributed by atoms with van der Waals surface area (Å²) in [6.07, 6.45) is 5.78. The molecule has 0 radical (unpaired) electrons. The number of fused-ring (bicyclic) bond motifs is 1. The van der Waals surface area contributed by atoms with Gasteiger partial charge in [-0.2, -0.15) is 5.10 Å².